The lowest BCUT2D eigenvalue weighted by molar-refractivity contribution is 0.690. The van der Waals surface area contributed by atoms with Gasteiger partial charge in [0.05, 0.1) is 16.3 Å². The van der Waals surface area contributed by atoms with Gasteiger partial charge in [0, 0.05) is 9.37 Å². The Bertz CT molecular complexity index is 283. The van der Waals surface area contributed by atoms with Crippen molar-refractivity contribution in [1.29, 1.82) is 5.41 Å². The van der Waals surface area contributed by atoms with E-state index in [1.165, 1.54) is 0 Å². The summed E-state index contributed by atoms with van der Waals surface area (Å²) in [5, 5.41) is 6.76. The second kappa shape index (κ2) is 3.78. The van der Waals surface area contributed by atoms with Gasteiger partial charge in [-0.05, 0) is 24.3 Å². The zero-order valence-corrected chi connectivity index (χ0v) is 7.98. The smallest absolute Gasteiger partial charge is 0.0954 e. The molecule has 1 aromatic rings. The molecule has 0 heterocycles. The Kier molecular flexibility index (Phi) is 2.96. The summed E-state index contributed by atoms with van der Waals surface area (Å²) in [6.45, 7) is 0. The second-order valence-corrected chi connectivity index (χ2v) is 4.09. The topological polar surface area (TPSA) is 40.9 Å². The van der Waals surface area contributed by atoms with Crippen LogP contribution >= 0.6 is 15.9 Å². The van der Waals surface area contributed by atoms with Crippen molar-refractivity contribution in [2.45, 2.75) is 4.90 Å². The molecule has 0 aliphatic carbocycles. The van der Waals surface area contributed by atoms with Crippen molar-refractivity contribution >= 4 is 32.3 Å². The van der Waals surface area contributed by atoms with Crippen molar-refractivity contribution in [2.24, 2.45) is 0 Å². The molecular formula is C7H6BrNOS. The van der Waals surface area contributed by atoms with Gasteiger partial charge >= 0.3 is 0 Å². The van der Waals surface area contributed by atoms with Crippen LogP contribution in [0.5, 0.6) is 0 Å². The summed E-state index contributed by atoms with van der Waals surface area (Å²) in [6.07, 6.45) is 0. The summed E-state index contributed by atoms with van der Waals surface area (Å²) in [6, 6.07) is 7.06. The third-order valence-electron chi connectivity index (χ3n) is 1.15. The number of hydrogen-bond donors (Lipinski definition) is 1. The number of benzene rings is 1. The fourth-order valence-electron chi connectivity index (χ4n) is 0.637. The molecule has 0 spiro atoms. The molecule has 0 saturated heterocycles. The van der Waals surface area contributed by atoms with Crippen molar-refractivity contribution < 1.29 is 4.21 Å². The minimum absolute atomic E-state index is 0.656. The largest absolute Gasteiger partial charge is 0.299 e. The van der Waals surface area contributed by atoms with Crippen LogP contribution in [0, 0.1) is 5.41 Å². The Morgan fingerprint density at radius 2 is 1.91 bits per heavy atom. The highest BCUT2D eigenvalue weighted by atomic mass is 79.9. The van der Waals surface area contributed by atoms with Crippen LogP contribution in [0.25, 0.3) is 0 Å². The normalized spacial score (nSPS) is 12.5. The molecular weight excluding hydrogens is 226 g/mol. The van der Waals surface area contributed by atoms with Crippen molar-refractivity contribution in [3.63, 3.8) is 0 Å². The predicted molar refractivity (Wildman–Crippen MR) is 49.3 cm³/mol. The lowest BCUT2D eigenvalue weighted by Crippen LogP contribution is -1.89. The van der Waals surface area contributed by atoms with E-state index in [9.17, 15) is 4.21 Å². The van der Waals surface area contributed by atoms with Crippen LogP contribution < -0.4 is 0 Å². The van der Waals surface area contributed by atoms with Crippen LogP contribution in [-0.4, -0.2) is 9.76 Å². The molecule has 0 amide bonds. The molecule has 2 nitrogen and oxygen atoms in total. The lowest BCUT2D eigenvalue weighted by Gasteiger charge is -1.94. The van der Waals surface area contributed by atoms with Crippen molar-refractivity contribution in [2.75, 3.05) is 0 Å². The molecule has 1 unspecified atom stereocenters. The van der Waals surface area contributed by atoms with Crippen LogP contribution in [0.15, 0.2) is 33.6 Å². The number of halogens is 1. The Labute approximate surface area is 75.7 Å². The highest BCUT2D eigenvalue weighted by molar-refractivity contribution is 9.10. The maximum absolute atomic E-state index is 11.0. The van der Waals surface area contributed by atoms with Gasteiger partial charge in [0.15, 0.2) is 0 Å². The highest BCUT2D eigenvalue weighted by Gasteiger charge is 1.97. The standard InChI is InChI=1S/C7H6BrNOS/c8-6-1-3-7(4-2-6)11(10)5-9/h1-5,9H. The second-order valence-electron chi connectivity index (χ2n) is 1.87. The first-order valence-electron chi connectivity index (χ1n) is 2.91. The first-order chi connectivity index (χ1) is 5.24. The van der Waals surface area contributed by atoms with Gasteiger partial charge in [0.1, 0.15) is 0 Å². The minimum atomic E-state index is -1.28. The molecule has 0 aliphatic rings. The molecule has 0 aromatic heterocycles. The van der Waals surface area contributed by atoms with E-state index in [1.54, 1.807) is 24.3 Å². The van der Waals surface area contributed by atoms with Gasteiger partial charge in [0.2, 0.25) is 0 Å². The molecule has 1 aromatic carbocycles. The van der Waals surface area contributed by atoms with E-state index < -0.39 is 10.8 Å². The highest BCUT2D eigenvalue weighted by Crippen LogP contribution is 2.12. The van der Waals surface area contributed by atoms with E-state index in [2.05, 4.69) is 15.9 Å². The van der Waals surface area contributed by atoms with E-state index in [0.717, 1.165) is 10.0 Å². The molecule has 1 rings (SSSR count). The predicted octanol–water partition coefficient (Wildman–Crippen LogP) is 2.16. The van der Waals surface area contributed by atoms with Gasteiger partial charge < -0.3 is 0 Å². The van der Waals surface area contributed by atoms with Crippen LogP contribution in [-0.2, 0) is 10.8 Å². The number of hydrogen-bond acceptors (Lipinski definition) is 2. The van der Waals surface area contributed by atoms with Crippen LogP contribution in [0.2, 0.25) is 0 Å². The van der Waals surface area contributed by atoms with Gasteiger partial charge in [0.25, 0.3) is 0 Å². The quantitative estimate of drug-likeness (QED) is 0.616. The monoisotopic (exact) mass is 231 g/mol. The lowest BCUT2D eigenvalue weighted by atomic mass is 10.4. The van der Waals surface area contributed by atoms with Crippen molar-refractivity contribution in [3.8, 4) is 0 Å². The Balaban J connectivity index is 2.98. The van der Waals surface area contributed by atoms with Gasteiger partial charge in [-0.1, -0.05) is 15.9 Å². The zero-order chi connectivity index (χ0) is 8.27. The maximum atomic E-state index is 11.0. The average molecular weight is 232 g/mol. The van der Waals surface area contributed by atoms with E-state index in [4.69, 9.17) is 5.41 Å². The SMILES string of the molecule is N=CS(=O)c1ccc(Br)cc1. The summed E-state index contributed by atoms with van der Waals surface area (Å²) >= 11 is 3.26. The number of nitrogens with one attached hydrogen (secondary N) is 1. The molecule has 0 aliphatic heterocycles. The molecule has 0 fully saturated rings. The summed E-state index contributed by atoms with van der Waals surface area (Å²) in [4.78, 5) is 0.656. The Hall–Kier alpha value is -0.480. The zero-order valence-electron chi connectivity index (χ0n) is 5.58. The van der Waals surface area contributed by atoms with Crippen LogP contribution in [0.3, 0.4) is 0 Å². The summed E-state index contributed by atoms with van der Waals surface area (Å²) in [7, 11) is -1.28. The fraction of sp³-hybridized carbons (Fsp3) is 0. The molecule has 0 bridgehead atoms. The summed E-state index contributed by atoms with van der Waals surface area (Å²) in [5.41, 5.74) is 0.920. The third-order valence-corrected chi connectivity index (χ3v) is 2.63. The molecule has 4 heteroatoms. The number of rotatable bonds is 2. The molecule has 0 radical (unpaired) electrons. The third kappa shape index (κ3) is 2.24. The van der Waals surface area contributed by atoms with Crippen molar-refractivity contribution in [3.05, 3.63) is 28.7 Å². The van der Waals surface area contributed by atoms with Gasteiger partial charge in [-0.15, -0.1) is 0 Å². The minimum Gasteiger partial charge on any atom is -0.299 e. The van der Waals surface area contributed by atoms with Gasteiger partial charge in [-0.3, -0.25) is 5.41 Å². The molecule has 0 saturated carbocycles. The van der Waals surface area contributed by atoms with E-state index in [0.29, 0.717) is 4.90 Å². The van der Waals surface area contributed by atoms with Gasteiger partial charge in [-0.2, -0.15) is 0 Å². The van der Waals surface area contributed by atoms with E-state index in [-0.39, 0.29) is 0 Å². The Morgan fingerprint density at radius 1 is 1.36 bits per heavy atom. The fourth-order valence-corrected chi connectivity index (χ4v) is 1.44. The molecule has 1 N–H and O–H groups in total. The summed E-state index contributed by atoms with van der Waals surface area (Å²) < 4.78 is 11.9. The van der Waals surface area contributed by atoms with E-state index in [1.807, 2.05) is 0 Å². The van der Waals surface area contributed by atoms with Crippen LogP contribution in [0.4, 0.5) is 0 Å². The molecule has 58 valence electrons. The first-order valence-corrected chi connectivity index (χ1v) is 4.91. The Morgan fingerprint density at radius 3 is 2.36 bits per heavy atom. The summed E-state index contributed by atoms with van der Waals surface area (Å²) in [5.74, 6) is 0. The molecule has 1 atom stereocenters. The maximum Gasteiger partial charge on any atom is 0.0954 e. The van der Waals surface area contributed by atoms with Crippen LogP contribution in [0.1, 0.15) is 0 Å². The first kappa shape index (κ1) is 8.62. The average Bonchev–Trinajstić information content (AvgIpc) is 2.05. The van der Waals surface area contributed by atoms with Crippen molar-refractivity contribution in [1.82, 2.24) is 0 Å². The molecule has 11 heavy (non-hydrogen) atoms. The van der Waals surface area contributed by atoms with E-state index >= 15 is 0 Å². The van der Waals surface area contributed by atoms with Gasteiger partial charge in [-0.25, -0.2) is 4.21 Å².